The van der Waals surface area contributed by atoms with Gasteiger partial charge in [-0.05, 0) is 64.4 Å². The van der Waals surface area contributed by atoms with Crippen LogP contribution in [0.25, 0.3) is 21.5 Å². The lowest BCUT2D eigenvalue weighted by Crippen LogP contribution is -2.37. The summed E-state index contributed by atoms with van der Waals surface area (Å²) in [5.74, 6) is -1.26. The summed E-state index contributed by atoms with van der Waals surface area (Å²) in [7, 11) is 0. The number of imide groups is 1. The van der Waals surface area contributed by atoms with Crippen molar-refractivity contribution in [2.24, 2.45) is 5.92 Å². The molecule has 2 aliphatic rings. The minimum Gasteiger partial charge on any atom is -0.273 e. The summed E-state index contributed by atoms with van der Waals surface area (Å²) in [5, 5.41) is 6.04. The van der Waals surface area contributed by atoms with Crippen LogP contribution in [0, 0.1) is 12.8 Å². The maximum Gasteiger partial charge on any atom is 0.266 e. The Kier molecular flexibility index (Phi) is 4.88. The zero-order valence-corrected chi connectivity index (χ0v) is 20.2. The average molecular weight is 485 g/mol. The fourth-order valence-electron chi connectivity index (χ4n) is 5.82. The lowest BCUT2D eigenvalue weighted by atomic mass is 9.84. The first-order valence-corrected chi connectivity index (χ1v) is 12.5. The second kappa shape index (κ2) is 8.29. The number of carbonyl (C=O) groups excluding carboxylic acids is 2. The third kappa shape index (κ3) is 3.28. The molecule has 2 fully saturated rings. The Balaban J connectivity index is 1.47. The molecule has 2 aliphatic heterocycles. The van der Waals surface area contributed by atoms with Crippen LogP contribution in [0.4, 0.5) is 11.4 Å². The number of para-hydroxylation sites is 1. The summed E-state index contributed by atoms with van der Waals surface area (Å²) in [6, 6.07) is 35.3. The molecule has 0 unspecified atom stereocenters. The first-order chi connectivity index (χ1) is 18.1. The number of nitrogens with zero attached hydrogens (tertiary/aromatic N) is 2. The molecule has 0 bridgehead atoms. The van der Waals surface area contributed by atoms with Crippen LogP contribution in [0.5, 0.6) is 0 Å². The van der Waals surface area contributed by atoms with Crippen molar-refractivity contribution in [1.82, 2.24) is 0 Å². The molecular formula is C32H24N2O3. The van der Waals surface area contributed by atoms with E-state index in [0.29, 0.717) is 5.69 Å². The summed E-state index contributed by atoms with van der Waals surface area (Å²) in [6.45, 7) is 1.98. The van der Waals surface area contributed by atoms with E-state index in [1.165, 1.54) is 4.90 Å². The molecule has 0 N–H and O–H groups in total. The molecule has 0 aromatic heterocycles. The number of benzene rings is 5. The van der Waals surface area contributed by atoms with Crippen LogP contribution >= 0.6 is 0 Å². The largest absolute Gasteiger partial charge is 0.273 e. The van der Waals surface area contributed by atoms with E-state index in [2.05, 4.69) is 30.3 Å². The molecule has 5 aromatic rings. The maximum absolute atomic E-state index is 14.1. The van der Waals surface area contributed by atoms with Crippen molar-refractivity contribution in [2.75, 3.05) is 9.96 Å². The minimum atomic E-state index is -0.906. The van der Waals surface area contributed by atoms with E-state index in [1.807, 2.05) is 85.8 Å². The highest BCUT2D eigenvalue weighted by atomic mass is 16.7. The number of carbonyl (C=O) groups is 2. The molecule has 5 aromatic carbocycles. The van der Waals surface area contributed by atoms with E-state index < -0.39 is 18.1 Å². The summed E-state index contributed by atoms with van der Waals surface area (Å²) in [4.78, 5) is 35.5. The van der Waals surface area contributed by atoms with Gasteiger partial charge in [0.2, 0.25) is 5.91 Å². The Bertz CT molecular complexity index is 1630. The van der Waals surface area contributed by atoms with Crippen molar-refractivity contribution in [2.45, 2.75) is 19.1 Å². The Morgan fingerprint density at radius 3 is 1.89 bits per heavy atom. The van der Waals surface area contributed by atoms with Gasteiger partial charge >= 0.3 is 0 Å². The highest BCUT2D eigenvalue weighted by molar-refractivity contribution is 6.24. The number of aryl methyl sites for hydroxylation is 1. The molecule has 180 valence electrons. The number of anilines is 2. The number of fused-ring (bicyclic) bond motifs is 3. The van der Waals surface area contributed by atoms with Gasteiger partial charge in [0.1, 0.15) is 5.92 Å². The van der Waals surface area contributed by atoms with Gasteiger partial charge in [0.15, 0.2) is 6.10 Å². The fraction of sp³-hybridized carbons (Fsp3) is 0.125. The summed E-state index contributed by atoms with van der Waals surface area (Å²) in [5.41, 5.74) is 3.44. The Labute approximate surface area is 214 Å². The van der Waals surface area contributed by atoms with Crippen LogP contribution in [-0.4, -0.2) is 17.9 Å². The van der Waals surface area contributed by atoms with Gasteiger partial charge in [0.05, 0.1) is 17.4 Å². The van der Waals surface area contributed by atoms with Crippen LogP contribution in [0.2, 0.25) is 0 Å². The standard InChI is InChI=1S/C32H24N2O3/c1-20-15-17-23(18-16-20)33-31(35)28-29(34(37-30(28)32(33)36)24-11-3-2-4-12-24)27-25-13-7-5-9-21(25)19-22-10-6-8-14-26(22)27/h2-19,28-30H,1H3/t28-,29+,30-/m1/s1. The predicted molar refractivity (Wildman–Crippen MR) is 145 cm³/mol. The molecule has 2 heterocycles. The summed E-state index contributed by atoms with van der Waals surface area (Å²) < 4.78 is 0. The van der Waals surface area contributed by atoms with Crippen molar-refractivity contribution in [1.29, 1.82) is 0 Å². The van der Waals surface area contributed by atoms with E-state index in [4.69, 9.17) is 4.84 Å². The van der Waals surface area contributed by atoms with Gasteiger partial charge in [-0.25, -0.2) is 9.96 Å². The first kappa shape index (κ1) is 21.8. The first-order valence-electron chi connectivity index (χ1n) is 12.5. The van der Waals surface area contributed by atoms with Crippen molar-refractivity contribution >= 4 is 44.7 Å². The lowest BCUT2D eigenvalue weighted by molar-refractivity contribution is -0.126. The van der Waals surface area contributed by atoms with E-state index in [0.717, 1.165) is 38.4 Å². The van der Waals surface area contributed by atoms with Crippen molar-refractivity contribution in [3.63, 3.8) is 0 Å². The number of hydrogen-bond acceptors (Lipinski definition) is 4. The van der Waals surface area contributed by atoms with Crippen molar-refractivity contribution in [3.05, 3.63) is 120 Å². The Morgan fingerprint density at radius 2 is 1.24 bits per heavy atom. The molecule has 0 radical (unpaired) electrons. The zero-order chi connectivity index (χ0) is 25.1. The number of hydroxylamine groups is 1. The van der Waals surface area contributed by atoms with Gasteiger partial charge in [-0.2, -0.15) is 0 Å². The van der Waals surface area contributed by atoms with E-state index in [1.54, 1.807) is 5.06 Å². The zero-order valence-electron chi connectivity index (χ0n) is 20.2. The molecule has 5 nitrogen and oxygen atoms in total. The van der Waals surface area contributed by atoms with Gasteiger partial charge in [-0.3, -0.25) is 14.4 Å². The molecule has 7 rings (SSSR count). The van der Waals surface area contributed by atoms with Crippen LogP contribution in [0.3, 0.4) is 0 Å². The topological polar surface area (TPSA) is 49.9 Å². The average Bonchev–Trinajstić information content (AvgIpc) is 3.44. The van der Waals surface area contributed by atoms with E-state index >= 15 is 0 Å². The maximum atomic E-state index is 14.1. The molecule has 37 heavy (non-hydrogen) atoms. The summed E-state index contributed by atoms with van der Waals surface area (Å²) in [6.07, 6.45) is -0.906. The molecular weight excluding hydrogens is 460 g/mol. The molecule has 0 saturated carbocycles. The molecule has 0 aliphatic carbocycles. The molecule has 3 atom stereocenters. The van der Waals surface area contributed by atoms with Crippen LogP contribution in [0.1, 0.15) is 17.2 Å². The number of rotatable bonds is 3. The third-order valence-electron chi connectivity index (χ3n) is 7.53. The Hall–Kier alpha value is -4.48. The Morgan fingerprint density at radius 1 is 0.649 bits per heavy atom. The monoisotopic (exact) mass is 484 g/mol. The van der Waals surface area contributed by atoms with E-state index in [9.17, 15) is 9.59 Å². The van der Waals surface area contributed by atoms with Crippen molar-refractivity contribution < 1.29 is 14.4 Å². The quantitative estimate of drug-likeness (QED) is 0.221. The van der Waals surface area contributed by atoms with Crippen molar-refractivity contribution in [3.8, 4) is 0 Å². The normalized spacial score (nSPS) is 21.3. The van der Waals surface area contributed by atoms with Gasteiger partial charge in [-0.15, -0.1) is 0 Å². The molecule has 5 heteroatoms. The minimum absolute atomic E-state index is 0.237. The predicted octanol–water partition coefficient (Wildman–Crippen LogP) is 6.35. The molecule has 2 amide bonds. The van der Waals surface area contributed by atoms with Gasteiger partial charge < -0.3 is 0 Å². The number of amides is 2. The molecule has 2 saturated heterocycles. The summed E-state index contributed by atoms with van der Waals surface area (Å²) >= 11 is 0. The highest BCUT2D eigenvalue weighted by Gasteiger charge is 2.60. The van der Waals surface area contributed by atoms with Gasteiger partial charge in [-0.1, -0.05) is 84.4 Å². The fourth-order valence-corrected chi connectivity index (χ4v) is 5.82. The van der Waals surface area contributed by atoms with E-state index in [-0.39, 0.29) is 11.8 Å². The van der Waals surface area contributed by atoms with Gasteiger partial charge in [0, 0.05) is 0 Å². The second-order valence-corrected chi connectivity index (χ2v) is 9.74. The smallest absolute Gasteiger partial charge is 0.266 e. The highest BCUT2D eigenvalue weighted by Crippen LogP contribution is 2.50. The van der Waals surface area contributed by atoms with Gasteiger partial charge in [0.25, 0.3) is 5.91 Å². The number of hydrogen-bond donors (Lipinski definition) is 0. The lowest BCUT2D eigenvalue weighted by Gasteiger charge is -2.30. The SMILES string of the molecule is Cc1ccc(N2C(=O)[C@H]3[C@@H](ON(c4ccccc4)[C@H]3c3c4ccccc4cc4ccccc34)C2=O)cc1. The third-order valence-corrected chi connectivity index (χ3v) is 7.53. The van der Waals surface area contributed by atoms with Crippen LogP contribution in [-0.2, 0) is 14.4 Å². The second-order valence-electron chi connectivity index (χ2n) is 9.74. The molecule has 0 spiro atoms. The van der Waals surface area contributed by atoms with Crippen LogP contribution in [0.15, 0.2) is 109 Å². The van der Waals surface area contributed by atoms with Crippen LogP contribution < -0.4 is 9.96 Å².